The monoisotopic (exact) mass is 277 g/mol. The van der Waals surface area contributed by atoms with Gasteiger partial charge in [-0.25, -0.2) is 0 Å². The van der Waals surface area contributed by atoms with Crippen LogP contribution in [0.1, 0.15) is 37.8 Å². The van der Waals surface area contributed by atoms with Gasteiger partial charge < -0.3 is 5.73 Å². The largest absolute Gasteiger partial charge is 0.329 e. The van der Waals surface area contributed by atoms with Crippen molar-refractivity contribution in [2.75, 3.05) is 32.7 Å². The molecule has 0 saturated carbocycles. The Hall–Kier alpha value is -0.910. The number of piperidine rings is 1. The molecule has 3 rings (SSSR count). The molecule has 3 heterocycles. The molecule has 5 heteroatoms. The Morgan fingerprint density at radius 3 is 3.00 bits per heavy atom. The molecule has 0 spiro atoms. The molecule has 1 aromatic heterocycles. The number of piperazine rings is 1. The minimum absolute atomic E-state index is 0.333. The van der Waals surface area contributed by atoms with Crippen LogP contribution in [-0.2, 0) is 6.54 Å². The average molecular weight is 277 g/mol. The minimum Gasteiger partial charge on any atom is -0.329 e. The summed E-state index contributed by atoms with van der Waals surface area (Å²) in [4.78, 5) is 5.24. The van der Waals surface area contributed by atoms with Crippen LogP contribution >= 0.6 is 0 Å². The highest BCUT2D eigenvalue weighted by atomic mass is 15.3. The van der Waals surface area contributed by atoms with Gasteiger partial charge in [0.05, 0.1) is 12.2 Å². The van der Waals surface area contributed by atoms with Crippen LogP contribution in [0.25, 0.3) is 0 Å². The van der Waals surface area contributed by atoms with Gasteiger partial charge in [0.25, 0.3) is 0 Å². The third-order valence-electron chi connectivity index (χ3n) is 4.89. The molecule has 2 N–H and O–H groups in total. The van der Waals surface area contributed by atoms with Crippen molar-refractivity contribution in [2.45, 2.75) is 44.8 Å². The summed E-state index contributed by atoms with van der Waals surface area (Å²) < 4.78 is 1.99. The van der Waals surface area contributed by atoms with E-state index in [1.165, 1.54) is 44.5 Å². The van der Waals surface area contributed by atoms with Crippen molar-refractivity contribution in [3.63, 3.8) is 0 Å². The summed E-state index contributed by atoms with van der Waals surface area (Å²) in [5, 5.41) is 4.40. The summed E-state index contributed by atoms with van der Waals surface area (Å²) in [6, 6.07) is 1.08. The van der Waals surface area contributed by atoms with Gasteiger partial charge in [-0.2, -0.15) is 5.10 Å². The zero-order chi connectivity index (χ0) is 13.9. The van der Waals surface area contributed by atoms with E-state index in [9.17, 15) is 0 Å². The molecule has 2 fully saturated rings. The van der Waals surface area contributed by atoms with Crippen molar-refractivity contribution in [3.8, 4) is 0 Å². The number of fused-ring (bicyclic) bond motifs is 1. The Morgan fingerprint density at radius 1 is 1.35 bits per heavy atom. The summed E-state index contributed by atoms with van der Waals surface area (Å²) in [5.41, 5.74) is 7.34. The van der Waals surface area contributed by atoms with Crippen molar-refractivity contribution in [1.29, 1.82) is 0 Å². The van der Waals surface area contributed by atoms with Gasteiger partial charge in [-0.1, -0.05) is 6.42 Å². The predicted molar refractivity (Wildman–Crippen MR) is 80.5 cm³/mol. The number of nitrogens with two attached hydrogens (primary N) is 1. The molecule has 2 aliphatic rings. The Labute approximate surface area is 121 Å². The fourth-order valence-corrected chi connectivity index (χ4v) is 3.68. The van der Waals surface area contributed by atoms with Crippen LogP contribution in [0.15, 0.2) is 12.4 Å². The lowest BCUT2D eigenvalue weighted by Gasteiger charge is -2.46. The van der Waals surface area contributed by atoms with Crippen molar-refractivity contribution < 1.29 is 0 Å². The van der Waals surface area contributed by atoms with E-state index in [4.69, 9.17) is 5.73 Å². The van der Waals surface area contributed by atoms with E-state index < -0.39 is 0 Å². The summed E-state index contributed by atoms with van der Waals surface area (Å²) in [7, 11) is 0. The fourth-order valence-electron chi connectivity index (χ4n) is 3.68. The molecule has 2 unspecified atom stereocenters. The zero-order valence-electron chi connectivity index (χ0n) is 12.5. The summed E-state index contributed by atoms with van der Waals surface area (Å²) in [6.45, 7) is 8.52. The van der Waals surface area contributed by atoms with Crippen molar-refractivity contribution >= 4 is 0 Å². The third-order valence-corrected chi connectivity index (χ3v) is 4.89. The molecular weight excluding hydrogens is 250 g/mol. The molecule has 0 bridgehead atoms. The quantitative estimate of drug-likeness (QED) is 0.894. The Bertz CT molecular complexity index is 430. The number of hydrogen-bond donors (Lipinski definition) is 1. The first kappa shape index (κ1) is 14.0. The second-order valence-corrected chi connectivity index (χ2v) is 6.06. The summed E-state index contributed by atoms with van der Waals surface area (Å²) in [5.74, 6) is 0. The second kappa shape index (κ2) is 6.24. The molecular formula is C15H27N5. The second-order valence-electron chi connectivity index (χ2n) is 6.06. The summed E-state index contributed by atoms with van der Waals surface area (Å²) >= 11 is 0. The smallest absolute Gasteiger partial charge is 0.0538 e. The maximum Gasteiger partial charge on any atom is 0.0538 e. The lowest BCUT2D eigenvalue weighted by Crippen LogP contribution is -2.56. The molecule has 2 atom stereocenters. The molecule has 2 saturated heterocycles. The average Bonchev–Trinajstić information content (AvgIpc) is 2.97. The molecule has 0 radical (unpaired) electrons. The van der Waals surface area contributed by atoms with Crippen molar-refractivity contribution in [2.24, 2.45) is 5.73 Å². The van der Waals surface area contributed by atoms with Gasteiger partial charge in [0.2, 0.25) is 0 Å². The van der Waals surface area contributed by atoms with Crippen LogP contribution in [-0.4, -0.2) is 58.3 Å². The topological polar surface area (TPSA) is 50.3 Å². The van der Waals surface area contributed by atoms with Crippen LogP contribution in [0.2, 0.25) is 0 Å². The predicted octanol–water partition coefficient (Wildman–Crippen LogP) is 1.07. The molecule has 20 heavy (non-hydrogen) atoms. The van der Waals surface area contributed by atoms with Crippen LogP contribution in [0, 0.1) is 0 Å². The lowest BCUT2D eigenvalue weighted by atomic mass is 9.97. The first-order valence-electron chi connectivity index (χ1n) is 8.02. The van der Waals surface area contributed by atoms with E-state index in [0.29, 0.717) is 12.6 Å². The molecule has 0 aliphatic carbocycles. The molecule has 1 aromatic rings. The van der Waals surface area contributed by atoms with Crippen LogP contribution in [0.4, 0.5) is 0 Å². The van der Waals surface area contributed by atoms with Gasteiger partial charge >= 0.3 is 0 Å². The van der Waals surface area contributed by atoms with Gasteiger partial charge in [0, 0.05) is 50.5 Å². The third kappa shape index (κ3) is 2.75. The maximum absolute atomic E-state index is 6.06. The minimum atomic E-state index is 0.333. The van der Waals surface area contributed by atoms with E-state index >= 15 is 0 Å². The van der Waals surface area contributed by atoms with Crippen LogP contribution < -0.4 is 5.73 Å². The number of hydrogen-bond acceptors (Lipinski definition) is 4. The van der Waals surface area contributed by atoms with E-state index in [0.717, 1.165) is 19.1 Å². The Balaban J connectivity index is 1.69. The van der Waals surface area contributed by atoms with Gasteiger partial charge in [0.15, 0.2) is 0 Å². The van der Waals surface area contributed by atoms with Crippen LogP contribution in [0.5, 0.6) is 0 Å². The van der Waals surface area contributed by atoms with E-state index in [1.807, 2.05) is 10.9 Å². The fraction of sp³-hybridized carbons (Fsp3) is 0.800. The molecule has 5 nitrogen and oxygen atoms in total. The summed E-state index contributed by atoms with van der Waals surface area (Å²) in [6.07, 6.45) is 8.26. The highest BCUT2D eigenvalue weighted by Crippen LogP contribution is 2.27. The van der Waals surface area contributed by atoms with E-state index in [-0.39, 0.29) is 0 Å². The SMILES string of the molecule is CCn1cc(C(CN)N2CCN3CCCCC3C2)cn1. The number of rotatable bonds is 4. The van der Waals surface area contributed by atoms with E-state index in [2.05, 4.69) is 28.0 Å². The van der Waals surface area contributed by atoms with Crippen molar-refractivity contribution in [1.82, 2.24) is 19.6 Å². The molecule has 2 aliphatic heterocycles. The highest BCUT2D eigenvalue weighted by molar-refractivity contribution is 5.12. The van der Waals surface area contributed by atoms with E-state index in [1.54, 1.807) is 0 Å². The first-order valence-corrected chi connectivity index (χ1v) is 8.02. The van der Waals surface area contributed by atoms with Gasteiger partial charge in [-0.05, 0) is 26.3 Å². The van der Waals surface area contributed by atoms with Crippen molar-refractivity contribution in [3.05, 3.63) is 18.0 Å². The molecule has 0 aromatic carbocycles. The lowest BCUT2D eigenvalue weighted by molar-refractivity contribution is 0.0286. The van der Waals surface area contributed by atoms with Gasteiger partial charge in [-0.3, -0.25) is 14.5 Å². The van der Waals surface area contributed by atoms with Gasteiger partial charge in [-0.15, -0.1) is 0 Å². The molecule has 0 amide bonds. The Kier molecular flexibility index (Phi) is 4.38. The van der Waals surface area contributed by atoms with Gasteiger partial charge in [0.1, 0.15) is 0 Å². The number of aromatic nitrogens is 2. The standard InChI is InChI=1S/C15H27N5/c1-2-20-11-13(10-17-20)15(9-16)19-8-7-18-6-4-3-5-14(18)12-19/h10-11,14-15H,2-9,12,16H2,1H3. The highest BCUT2D eigenvalue weighted by Gasteiger charge is 2.32. The number of aryl methyl sites for hydroxylation is 1. The normalized spacial score (nSPS) is 26.4. The maximum atomic E-state index is 6.06. The Morgan fingerprint density at radius 2 is 2.25 bits per heavy atom. The molecule has 112 valence electrons. The zero-order valence-corrected chi connectivity index (χ0v) is 12.5. The first-order chi connectivity index (χ1) is 9.81. The number of nitrogens with zero attached hydrogens (tertiary/aromatic N) is 4. The van der Waals surface area contributed by atoms with Crippen LogP contribution in [0.3, 0.4) is 0 Å².